The predicted octanol–water partition coefficient (Wildman–Crippen LogP) is 3.16. The average Bonchev–Trinajstić information content (AvgIpc) is 2.32. The van der Waals surface area contributed by atoms with Gasteiger partial charge in [-0.25, -0.2) is 4.79 Å². The topological polar surface area (TPSA) is 47.6 Å². The van der Waals surface area contributed by atoms with Gasteiger partial charge in [0.25, 0.3) is 0 Å². The van der Waals surface area contributed by atoms with Crippen molar-refractivity contribution >= 4 is 17.7 Å². The molecule has 0 spiro atoms. The fourth-order valence-electron chi connectivity index (χ4n) is 2.12. The number of ether oxygens (including phenoxy) is 2. The normalized spacial score (nSPS) is 22.0. The van der Waals surface area contributed by atoms with Gasteiger partial charge in [-0.1, -0.05) is 25.4 Å². The molecule has 1 heterocycles. The molecule has 0 radical (unpaired) electrons. The van der Waals surface area contributed by atoms with Gasteiger partial charge in [0.15, 0.2) is 0 Å². The summed E-state index contributed by atoms with van der Waals surface area (Å²) in [6.07, 6.45) is -0.415. The van der Waals surface area contributed by atoms with Crippen LogP contribution in [0.3, 0.4) is 0 Å². The third kappa shape index (κ3) is 2.38. The van der Waals surface area contributed by atoms with Crippen LogP contribution in [0.2, 0.25) is 5.02 Å². The summed E-state index contributed by atoms with van der Waals surface area (Å²) in [7, 11) is 1.60. The fourth-order valence-corrected chi connectivity index (χ4v) is 2.30. The highest BCUT2D eigenvalue weighted by Crippen LogP contribution is 2.41. The lowest BCUT2D eigenvalue weighted by molar-refractivity contribution is 0.0381. The molecular weight excluding hydrogens is 254 g/mol. The summed E-state index contributed by atoms with van der Waals surface area (Å²) in [5, 5.41) is 3.44. The zero-order chi connectivity index (χ0) is 13.3. The molecule has 0 bridgehead atoms. The smallest absolute Gasteiger partial charge is 0.407 e. The van der Waals surface area contributed by atoms with Crippen LogP contribution in [0.1, 0.15) is 25.5 Å². The zero-order valence-electron chi connectivity index (χ0n) is 10.6. The molecule has 1 amide bonds. The van der Waals surface area contributed by atoms with Crippen molar-refractivity contribution in [1.29, 1.82) is 0 Å². The second kappa shape index (κ2) is 4.69. The van der Waals surface area contributed by atoms with Crippen molar-refractivity contribution in [2.24, 2.45) is 5.41 Å². The van der Waals surface area contributed by atoms with Crippen LogP contribution in [0.15, 0.2) is 18.2 Å². The maximum absolute atomic E-state index is 11.4. The van der Waals surface area contributed by atoms with E-state index >= 15 is 0 Å². The molecule has 1 aromatic rings. The average molecular weight is 270 g/mol. The number of nitrogens with one attached hydrogen (secondary N) is 1. The van der Waals surface area contributed by atoms with E-state index in [-0.39, 0.29) is 11.5 Å². The number of cyclic esters (lactones) is 1. The molecule has 0 aliphatic carbocycles. The maximum Gasteiger partial charge on any atom is 0.407 e. The summed E-state index contributed by atoms with van der Waals surface area (Å²) in [6.45, 7) is 4.41. The number of hydrogen-bond donors (Lipinski definition) is 1. The van der Waals surface area contributed by atoms with Gasteiger partial charge in [-0.3, -0.25) is 0 Å². The SMILES string of the molecule is COc1ccc(Cl)cc1[C@@H]1NC(=O)OCC1(C)C. The van der Waals surface area contributed by atoms with E-state index in [9.17, 15) is 4.79 Å². The Labute approximate surface area is 111 Å². The van der Waals surface area contributed by atoms with Crippen molar-refractivity contribution in [2.75, 3.05) is 13.7 Å². The predicted molar refractivity (Wildman–Crippen MR) is 69.0 cm³/mol. The summed E-state index contributed by atoms with van der Waals surface area (Å²) < 4.78 is 10.4. The molecule has 0 unspecified atom stereocenters. The van der Waals surface area contributed by atoms with Crippen LogP contribution in [-0.2, 0) is 4.74 Å². The molecule has 4 nitrogen and oxygen atoms in total. The molecule has 2 rings (SSSR count). The van der Waals surface area contributed by atoms with Crippen molar-refractivity contribution in [3.8, 4) is 5.75 Å². The summed E-state index contributed by atoms with van der Waals surface area (Å²) in [5.41, 5.74) is 0.637. The zero-order valence-corrected chi connectivity index (χ0v) is 11.4. The van der Waals surface area contributed by atoms with Crippen molar-refractivity contribution in [1.82, 2.24) is 5.32 Å². The Kier molecular flexibility index (Phi) is 3.39. The first-order valence-corrected chi connectivity index (χ1v) is 6.08. The molecule has 0 aromatic heterocycles. The summed E-state index contributed by atoms with van der Waals surface area (Å²) in [4.78, 5) is 11.4. The molecule has 5 heteroatoms. The Hall–Kier alpha value is -1.42. The Morgan fingerprint density at radius 2 is 2.22 bits per heavy atom. The van der Waals surface area contributed by atoms with Crippen LogP contribution >= 0.6 is 11.6 Å². The van der Waals surface area contributed by atoms with Crippen LogP contribution in [0.4, 0.5) is 4.79 Å². The Morgan fingerprint density at radius 3 is 2.89 bits per heavy atom. The lowest BCUT2D eigenvalue weighted by Crippen LogP contribution is -2.47. The number of carbonyl (C=O) groups is 1. The molecule has 18 heavy (non-hydrogen) atoms. The first-order valence-electron chi connectivity index (χ1n) is 5.71. The van der Waals surface area contributed by atoms with Gasteiger partial charge in [0, 0.05) is 16.0 Å². The van der Waals surface area contributed by atoms with Crippen LogP contribution in [-0.4, -0.2) is 19.8 Å². The Morgan fingerprint density at radius 1 is 1.50 bits per heavy atom. The van der Waals surface area contributed by atoms with Crippen molar-refractivity contribution in [3.63, 3.8) is 0 Å². The maximum atomic E-state index is 11.4. The highest BCUT2D eigenvalue weighted by Gasteiger charge is 2.39. The Balaban J connectivity index is 2.45. The number of rotatable bonds is 2. The van der Waals surface area contributed by atoms with Gasteiger partial charge in [0.1, 0.15) is 12.4 Å². The van der Waals surface area contributed by atoms with Crippen LogP contribution in [0.25, 0.3) is 0 Å². The number of carbonyl (C=O) groups excluding carboxylic acids is 1. The minimum Gasteiger partial charge on any atom is -0.496 e. The second-order valence-electron chi connectivity index (χ2n) is 5.03. The van der Waals surface area contributed by atoms with Gasteiger partial charge in [-0.2, -0.15) is 0 Å². The van der Waals surface area contributed by atoms with E-state index in [4.69, 9.17) is 21.1 Å². The lowest BCUT2D eigenvalue weighted by Gasteiger charge is -2.39. The number of benzene rings is 1. The number of methoxy groups -OCH3 is 1. The summed E-state index contributed by atoms with van der Waals surface area (Å²) in [5.74, 6) is 0.708. The van der Waals surface area contributed by atoms with Gasteiger partial charge >= 0.3 is 6.09 Å². The van der Waals surface area contributed by atoms with Crippen LogP contribution in [0.5, 0.6) is 5.75 Å². The molecule has 1 aliphatic rings. The molecule has 1 aromatic carbocycles. The number of alkyl carbamates (subject to hydrolysis) is 1. The molecule has 1 fully saturated rings. The monoisotopic (exact) mass is 269 g/mol. The van der Waals surface area contributed by atoms with E-state index in [1.54, 1.807) is 19.2 Å². The van der Waals surface area contributed by atoms with E-state index < -0.39 is 6.09 Å². The minimum atomic E-state index is -0.415. The van der Waals surface area contributed by atoms with Gasteiger partial charge in [0.2, 0.25) is 0 Å². The van der Waals surface area contributed by atoms with Crippen LogP contribution in [0, 0.1) is 5.41 Å². The van der Waals surface area contributed by atoms with Crippen molar-refractivity contribution in [3.05, 3.63) is 28.8 Å². The fraction of sp³-hybridized carbons (Fsp3) is 0.462. The number of halogens is 1. The van der Waals surface area contributed by atoms with Gasteiger partial charge in [0.05, 0.1) is 13.2 Å². The van der Waals surface area contributed by atoms with E-state index in [1.807, 2.05) is 19.9 Å². The number of hydrogen-bond acceptors (Lipinski definition) is 3. The third-order valence-corrected chi connectivity index (χ3v) is 3.36. The van der Waals surface area contributed by atoms with Crippen molar-refractivity contribution in [2.45, 2.75) is 19.9 Å². The summed E-state index contributed by atoms with van der Waals surface area (Å²) in [6, 6.07) is 5.19. The van der Waals surface area contributed by atoms with Gasteiger partial charge < -0.3 is 14.8 Å². The van der Waals surface area contributed by atoms with Gasteiger partial charge in [-0.15, -0.1) is 0 Å². The quantitative estimate of drug-likeness (QED) is 0.897. The van der Waals surface area contributed by atoms with E-state index in [2.05, 4.69) is 5.32 Å². The minimum absolute atomic E-state index is 0.188. The highest BCUT2D eigenvalue weighted by atomic mass is 35.5. The van der Waals surface area contributed by atoms with E-state index in [0.717, 1.165) is 5.56 Å². The summed E-state index contributed by atoms with van der Waals surface area (Å²) >= 11 is 6.02. The molecule has 1 aliphatic heterocycles. The molecule has 1 atom stereocenters. The molecule has 98 valence electrons. The molecule has 1 saturated heterocycles. The Bertz CT molecular complexity index is 473. The third-order valence-electron chi connectivity index (χ3n) is 3.12. The van der Waals surface area contributed by atoms with Gasteiger partial charge in [-0.05, 0) is 18.2 Å². The van der Waals surface area contributed by atoms with E-state index in [1.165, 1.54) is 0 Å². The molecule has 1 N–H and O–H groups in total. The molecular formula is C13H16ClNO3. The highest BCUT2D eigenvalue weighted by molar-refractivity contribution is 6.30. The number of amides is 1. The largest absolute Gasteiger partial charge is 0.496 e. The first kappa shape index (κ1) is 13.0. The molecule has 0 saturated carbocycles. The standard InChI is InChI=1S/C13H16ClNO3/c1-13(2)7-18-12(16)15-11(13)9-6-8(14)4-5-10(9)17-3/h4-6,11H,7H2,1-3H3,(H,15,16)/t11-/m0/s1. The lowest BCUT2D eigenvalue weighted by atomic mass is 9.80. The second-order valence-corrected chi connectivity index (χ2v) is 5.46. The van der Waals surface area contributed by atoms with E-state index in [0.29, 0.717) is 17.4 Å². The first-order chi connectivity index (χ1) is 8.44. The van der Waals surface area contributed by atoms with Crippen LogP contribution < -0.4 is 10.1 Å². The van der Waals surface area contributed by atoms with Crippen molar-refractivity contribution < 1.29 is 14.3 Å².